The molecular formula is C14H10Br2O2S. The predicted octanol–water partition coefficient (Wildman–Crippen LogP) is 5.20. The number of carboxylic acid groups (broad SMARTS) is 1. The summed E-state index contributed by atoms with van der Waals surface area (Å²) in [5, 5.41) is 9.07. The number of benzene rings is 2. The number of hydrogen-bond donors (Lipinski definition) is 1. The van der Waals surface area contributed by atoms with Crippen molar-refractivity contribution in [2.75, 3.05) is 0 Å². The van der Waals surface area contributed by atoms with Crippen LogP contribution < -0.4 is 0 Å². The Morgan fingerprint density at radius 3 is 2.53 bits per heavy atom. The van der Waals surface area contributed by atoms with Gasteiger partial charge in [0.2, 0.25) is 0 Å². The molecule has 98 valence electrons. The third kappa shape index (κ3) is 3.84. The third-order valence-corrected chi connectivity index (χ3v) is 5.03. The standard InChI is InChI=1S/C14H10Br2O2S/c15-12-4-2-1-3-9(12)8-19-10-5-6-13(16)11(7-10)14(17)18/h1-7H,8H2,(H,17,18). The first-order valence-corrected chi connectivity index (χ1v) is 8.04. The molecule has 0 spiro atoms. The fourth-order valence-electron chi connectivity index (χ4n) is 1.53. The summed E-state index contributed by atoms with van der Waals surface area (Å²) in [5.74, 6) is -0.127. The second kappa shape index (κ2) is 6.59. The van der Waals surface area contributed by atoms with Gasteiger partial charge in [-0.1, -0.05) is 34.1 Å². The lowest BCUT2D eigenvalue weighted by atomic mass is 10.2. The molecule has 0 saturated carbocycles. The number of carboxylic acids is 1. The van der Waals surface area contributed by atoms with Crippen LogP contribution in [0.15, 0.2) is 56.3 Å². The van der Waals surface area contributed by atoms with Crippen LogP contribution in [-0.4, -0.2) is 11.1 Å². The van der Waals surface area contributed by atoms with E-state index in [1.54, 1.807) is 23.9 Å². The Bertz CT molecular complexity index is 614. The molecule has 2 aromatic carbocycles. The molecule has 0 heterocycles. The summed E-state index contributed by atoms with van der Waals surface area (Å²) in [4.78, 5) is 12.0. The first kappa shape index (κ1) is 14.6. The van der Waals surface area contributed by atoms with Gasteiger partial charge in [-0.25, -0.2) is 4.79 Å². The highest BCUT2D eigenvalue weighted by atomic mass is 79.9. The number of halogens is 2. The Kier molecular flexibility index (Phi) is 5.07. The van der Waals surface area contributed by atoms with Crippen molar-refractivity contribution in [1.29, 1.82) is 0 Å². The molecular weight excluding hydrogens is 392 g/mol. The summed E-state index contributed by atoms with van der Waals surface area (Å²) in [7, 11) is 0. The number of thioether (sulfide) groups is 1. The Hall–Kier alpha value is -0.780. The second-order valence-electron chi connectivity index (χ2n) is 3.83. The summed E-state index contributed by atoms with van der Waals surface area (Å²) in [6, 6.07) is 13.4. The van der Waals surface area contributed by atoms with E-state index in [-0.39, 0.29) is 5.56 Å². The number of carbonyl (C=O) groups is 1. The molecule has 0 atom stereocenters. The SMILES string of the molecule is O=C(O)c1cc(SCc2ccccc2Br)ccc1Br. The lowest BCUT2D eigenvalue weighted by Gasteiger charge is -2.06. The topological polar surface area (TPSA) is 37.3 Å². The van der Waals surface area contributed by atoms with Crippen molar-refractivity contribution in [3.63, 3.8) is 0 Å². The van der Waals surface area contributed by atoms with Gasteiger partial charge in [0, 0.05) is 19.6 Å². The van der Waals surface area contributed by atoms with Gasteiger partial charge in [-0.15, -0.1) is 11.8 Å². The van der Waals surface area contributed by atoms with Crippen molar-refractivity contribution in [3.8, 4) is 0 Å². The van der Waals surface area contributed by atoms with Gasteiger partial charge in [0.15, 0.2) is 0 Å². The van der Waals surface area contributed by atoms with Crippen LogP contribution in [0.1, 0.15) is 15.9 Å². The van der Waals surface area contributed by atoms with Gasteiger partial charge >= 0.3 is 5.97 Å². The molecule has 0 radical (unpaired) electrons. The van der Waals surface area contributed by atoms with E-state index in [1.807, 2.05) is 30.3 Å². The minimum atomic E-state index is -0.921. The minimum absolute atomic E-state index is 0.289. The summed E-state index contributed by atoms with van der Waals surface area (Å²) in [6.45, 7) is 0. The van der Waals surface area contributed by atoms with E-state index in [1.165, 1.54) is 5.56 Å². The highest BCUT2D eigenvalue weighted by molar-refractivity contribution is 9.10. The molecule has 0 saturated heterocycles. The molecule has 0 aliphatic carbocycles. The zero-order valence-electron chi connectivity index (χ0n) is 9.77. The zero-order chi connectivity index (χ0) is 13.8. The minimum Gasteiger partial charge on any atom is -0.478 e. The van der Waals surface area contributed by atoms with Gasteiger partial charge in [-0.05, 0) is 45.8 Å². The molecule has 1 N–H and O–H groups in total. The van der Waals surface area contributed by atoms with E-state index < -0.39 is 5.97 Å². The molecule has 2 aromatic rings. The Labute approximate surface area is 132 Å². The average Bonchev–Trinajstić information content (AvgIpc) is 2.39. The van der Waals surface area contributed by atoms with Crippen LogP contribution in [-0.2, 0) is 5.75 Å². The zero-order valence-corrected chi connectivity index (χ0v) is 13.8. The van der Waals surface area contributed by atoms with E-state index >= 15 is 0 Å². The summed E-state index contributed by atoms with van der Waals surface area (Å²) in [6.07, 6.45) is 0. The van der Waals surface area contributed by atoms with Crippen molar-refractivity contribution in [3.05, 3.63) is 62.5 Å². The van der Waals surface area contributed by atoms with Crippen LogP contribution in [0.4, 0.5) is 0 Å². The molecule has 0 fully saturated rings. The Balaban J connectivity index is 2.14. The van der Waals surface area contributed by atoms with E-state index in [0.29, 0.717) is 4.47 Å². The highest BCUT2D eigenvalue weighted by Gasteiger charge is 2.09. The Morgan fingerprint density at radius 1 is 1.11 bits per heavy atom. The number of rotatable bonds is 4. The largest absolute Gasteiger partial charge is 0.478 e. The maximum Gasteiger partial charge on any atom is 0.336 e. The normalized spacial score (nSPS) is 10.4. The van der Waals surface area contributed by atoms with Crippen molar-refractivity contribution in [1.82, 2.24) is 0 Å². The van der Waals surface area contributed by atoms with Gasteiger partial charge < -0.3 is 5.11 Å². The van der Waals surface area contributed by atoms with Crippen LogP contribution in [0.2, 0.25) is 0 Å². The van der Waals surface area contributed by atoms with E-state index in [0.717, 1.165) is 15.1 Å². The smallest absolute Gasteiger partial charge is 0.336 e. The lowest BCUT2D eigenvalue weighted by Crippen LogP contribution is -1.97. The van der Waals surface area contributed by atoms with Crippen LogP contribution >= 0.6 is 43.6 Å². The molecule has 2 rings (SSSR count). The van der Waals surface area contributed by atoms with Crippen LogP contribution in [0.25, 0.3) is 0 Å². The first-order chi connectivity index (χ1) is 9.08. The van der Waals surface area contributed by atoms with Crippen LogP contribution in [0, 0.1) is 0 Å². The van der Waals surface area contributed by atoms with Gasteiger partial charge in [0.05, 0.1) is 5.56 Å². The van der Waals surface area contributed by atoms with Crippen LogP contribution in [0.3, 0.4) is 0 Å². The van der Waals surface area contributed by atoms with Crippen molar-refractivity contribution in [2.45, 2.75) is 10.6 Å². The molecule has 2 nitrogen and oxygen atoms in total. The van der Waals surface area contributed by atoms with E-state index in [4.69, 9.17) is 5.11 Å². The summed E-state index contributed by atoms with van der Waals surface area (Å²) >= 11 is 8.36. The molecule has 0 aliphatic heterocycles. The molecule has 5 heteroatoms. The van der Waals surface area contributed by atoms with Crippen LogP contribution in [0.5, 0.6) is 0 Å². The second-order valence-corrected chi connectivity index (χ2v) is 6.58. The highest BCUT2D eigenvalue weighted by Crippen LogP contribution is 2.29. The maximum atomic E-state index is 11.1. The predicted molar refractivity (Wildman–Crippen MR) is 84.8 cm³/mol. The fourth-order valence-corrected chi connectivity index (χ4v) is 3.50. The van der Waals surface area contributed by atoms with Gasteiger partial charge in [0.25, 0.3) is 0 Å². The Morgan fingerprint density at radius 2 is 1.84 bits per heavy atom. The monoisotopic (exact) mass is 400 g/mol. The molecule has 0 amide bonds. The van der Waals surface area contributed by atoms with Crippen molar-refractivity contribution >= 4 is 49.6 Å². The summed E-state index contributed by atoms with van der Waals surface area (Å²) in [5.41, 5.74) is 1.48. The lowest BCUT2D eigenvalue weighted by molar-refractivity contribution is 0.0695. The van der Waals surface area contributed by atoms with Crippen molar-refractivity contribution in [2.24, 2.45) is 0 Å². The van der Waals surface area contributed by atoms with E-state index in [9.17, 15) is 4.79 Å². The quantitative estimate of drug-likeness (QED) is 0.715. The molecule has 0 aliphatic rings. The number of hydrogen-bond acceptors (Lipinski definition) is 2. The number of aromatic carboxylic acids is 1. The molecule has 0 unspecified atom stereocenters. The first-order valence-electron chi connectivity index (χ1n) is 5.47. The van der Waals surface area contributed by atoms with Crippen molar-refractivity contribution < 1.29 is 9.90 Å². The maximum absolute atomic E-state index is 11.1. The van der Waals surface area contributed by atoms with Gasteiger partial charge in [0.1, 0.15) is 0 Å². The summed E-state index contributed by atoms with van der Waals surface area (Å²) < 4.78 is 1.67. The van der Waals surface area contributed by atoms with Gasteiger partial charge in [-0.2, -0.15) is 0 Å². The molecule has 0 aromatic heterocycles. The molecule has 19 heavy (non-hydrogen) atoms. The van der Waals surface area contributed by atoms with E-state index in [2.05, 4.69) is 31.9 Å². The average molecular weight is 402 g/mol. The van der Waals surface area contributed by atoms with Gasteiger partial charge in [-0.3, -0.25) is 0 Å². The molecule has 0 bridgehead atoms. The third-order valence-electron chi connectivity index (χ3n) is 2.52. The fraction of sp³-hybridized carbons (Fsp3) is 0.0714.